The molecule has 1 heterocycles. The highest BCUT2D eigenvalue weighted by atomic mass is 32.1. The number of rotatable bonds is 5. The fourth-order valence-corrected chi connectivity index (χ4v) is 2.78. The van der Waals surface area contributed by atoms with Gasteiger partial charge in [-0.2, -0.15) is 0 Å². The van der Waals surface area contributed by atoms with Crippen LogP contribution >= 0.6 is 11.3 Å². The van der Waals surface area contributed by atoms with Crippen molar-refractivity contribution < 1.29 is 4.79 Å². The van der Waals surface area contributed by atoms with Gasteiger partial charge in [0.25, 0.3) is 5.91 Å². The summed E-state index contributed by atoms with van der Waals surface area (Å²) in [6.07, 6.45) is 0. The van der Waals surface area contributed by atoms with Crippen molar-refractivity contribution in [1.82, 2.24) is 0 Å². The number of nitrogens with zero attached hydrogens (tertiary/aromatic N) is 1. The maximum Gasteiger partial charge on any atom is 0.265 e. The first-order valence-corrected chi connectivity index (χ1v) is 7.74. The van der Waals surface area contributed by atoms with Gasteiger partial charge in [0, 0.05) is 24.5 Å². The Morgan fingerprint density at radius 3 is 2.55 bits per heavy atom. The first-order valence-electron chi connectivity index (χ1n) is 6.86. The minimum absolute atomic E-state index is 0.0429. The van der Waals surface area contributed by atoms with Crippen LogP contribution in [0.1, 0.15) is 29.1 Å². The van der Waals surface area contributed by atoms with Gasteiger partial charge in [0.2, 0.25) is 0 Å². The number of anilines is 2. The molecule has 1 aromatic heterocycles. The van der Waals surface area contributed by atoms with E-state index in [0.717, 1.165) is 29.2 Å². The molecule has 3 nitrogen and oxygen atoms in total. The third-order valence-electron chi connectivity index (χ3n) is 3.33. The molecule has 4 heteroatoms. The van der Waals surface area contributed by atoms with Crippen molar-refractivity contribution in [2.24, 2.45) is 0 Å². The number of amides is 1. The van der Waals surface area contributed by atoms with E-state index in [1.807, 2.05) is 30.5 Å². The average Bonchev–Trinajstić information content (AvgIpc) is 2.97. The van der Waals surface area contributed by atoms with E-state index >= 15 is 0 Å². The SMILES string of the molecule is CCN(CC)c1ccc(NC(=O)c2cccs2)c(C)c1. The van der Waals surface area contributed by atoms with E-state index in [9.17, 15) is 4.79 Å². The molecule has 2 rings (SSSR count). The summed E-state index contributed by atoms with van der Waals surface area (Å²) < 4.78 is 0. The molecule has 106 valence electrons. The molecule has 0 saturated heterocycles. The first kappa shape index (κ1) is 14.6. The predicted molar refractivity (Wildman–Crippen MR) is 87.0 cm³/mol. The van der Waals surface area contributed by atoms with Crippen LogP contribution < -0.4 is 10.2 Å². The summed E-state index contributed by atoms with van der Waals surface area (Å²) >= 11 is 1.45. The first-order chi connectivity index (χ1) is 9.65. The van der Waals surface area contributed by atoms with Crippen molar-refractivity contribution in [3.8, 4) is 0 Å². The van der Waals surface area contributed by atoms with Crippen LogP contribution in [0.25, 0.3) is 0 Å². The molecule has 0 saturated carbocycles. The van der Waals surface area contributed by atoms with Crippen molar-refractivity contribution >= 4 is 28.6 Å². The molecule has 0 aliphatic heterocycles. The van der Waals surface area contributed by atoms with Gasteiger partial charge < -0.3 is 10.2 Å². The Morgan fingerprint density at radius 1 is 1.25 bits per heavy atom. The summed E-state index contributed by atoms with van der Waals surface area (Å²) in [4.78, 5) is 15.1. The molecule has 1 N–H and O–H groups in total. The number of benzene rings is 1. The van der Waals surface area contributed by atoms with Crippen LogP contribution in [0, 0.1) is 6.92 Å². The Kier molecular flexibility index (Phi) is 4.79. The Balaban J connectivity index is 2.16. The van der Waals surface area contributed by atoms with Gasteiger partial charge in [-0.3, -0.25) is 4.79 Å². The second kappa shape index (κ2) is 6.57. The highest BCUT2D eigenvalue weighted by Gasteiger charge is 2.10. The second-order valence-corrected chi connectivity index (χ2v) is 5.55. The van der Waals surface area contributed by atoms with Gasteiger partial charge in [-0.25, -0.2) is 0 Å². The third-order valence-corrected chi connectivity index (χ3v) is 4.20. The summed E-state index contributed by atoms with van der Waals surface area (Å²) in [5.41, 5.74) is 3.15. The summed E-state index contributed by atoms with van der Waals surface area (Å²) in [5.74, 6) is -0.0429. The van der Waals surface area contributed by atoms with E-state index in [-0.39, 0.29) is 5.91 Å². The van der Waals surface area contributed by atoms with Crippen LogP contribution in [-0.4, -0.2) is 19.0 Å². The van der Waals surface area contributed by atoms with E-state index < -0.39 is 0 Å². The lowest BCUT2D eigenvalue weighted by molar-refractivity contribution is 0.103. The average molecular weight is 288 g/mol. The van der Waals surface area contributed by atoms with Crippen molar-refractivity contribution in [3.63, 3.8) is 0 Å². The van der Waals surface area contributed by atoms with Crippen LogP contribution in [-0.2, 0) is 0 Å². The van der Waals surface area contributed by atoms with E-state index in [0.29, 0.717) is 0 Å². The largest absolute Gasteiger partial charge is 0.372 e. The van der Waals surface area contributed by atoms with Crippen LogP contribution in [0.4, 0.5) is 11.4 Å². The quantitative estimate of drug-likeness (QED) is 0.896. The van der Waals surface area contributed by atoms with E-state index in [1.165, 1.54) is 17.0 Å². The highest BCUT2D eigenvalue weighted by molar-refractivity contribution is 7.12. The van der Waals surface area contributed by atoms with Gasteiger partial charge in [0.15, 0.2) is 0 Å². The number of nitrogens with one attached hydrogen (secondary N) is 1. The van der Waals surface area contributed by atoms with Gasteiger partial charge in [0.05, 0.1) is 4.88 Å². The van der Waals surface area contributed by atoms with Gasteiger partial charge in [-0.05, 0) is 56.0 Å². The van der Waals surface area contributed by atoms with Gasteiger partial charge in [-0.15, -0.1) is 11.3 Å². The highest BCUT2D eigenvalue weighted by Crippen LogP contribution is 2.23. The zero-order valence-corrected chi connectivity index (χ0v) is 13.0. The molecule has 0 unspecified atom stereocenters. The lowest BCUT2D eigenvalue weighted by Crippen LogP contribution is -2.22. The molecule has 2 aromatic rings. The number of thiophene rings is 1. The zero-order valence-electron chi connectivity index (χ0n) is 12.1. The van der Waals surface area contributed by atoms with Crippen LogP contribution in [0.3, 0.4) is 0 Å². The summed E-state index contributed by atoms with van der Waals surface area (Å²) in [7, 11) is 0. The second-order valence-electron chi connectivity index (χ2n) is 4.60. The molecule has 0 bridgehead atoms. The topological polar surface area (TPSA) is 32.3 Å². The summed E-state index contributed by atoms with van der Waals surface area (Å²) in [5, 5.41) is 4.88. The number of carbonyl (C=O) groups excluding carboxylic acids is 1. The molecule has 1 aromatic carbocycles. The van der Waals surface area contributed by atoms with E-state index in [2.05, 4.69) is 36.2 Å². The smallest absolute Gasteiger partial charge is 0.265 e. The minimum atomic E-state index is -0.0429. The van der Waals surface area contributed by atoms with Gasteiger partial charge in [0.1, 0.15) is 0 Å². The van der Waals surface area contributed by atoms with E-state index in [1.54, 1.807) is 0 Å². The summed E-state index contributed by atoms with van der Waals surface area (Å²) in [6.45, 7) is 8.28. The molecule has 0 fully saturated rings. The molecular weight excluding hydrogens is 268 g/mol. The van der Waals surface area contributed by atoms with Gasteiger partial charge >= 0.3 is 0 Å². The van der Waals surface area contributed by atoms with Crippen molar-refractivity contribution in [2.75, 3.05) is 23.3 Å². The third kappa shape index (κ3) is 3.20. The standard InChI is InChI=1S/C16H20N2OS/c1-4-18(5-2)13-8-9-14(12(3)11-13)17-16(19)15-7-6-10-20-15/h6-11H,4-5H2,1-3H3,(H,17,19). The van der Waals surface area contributed by atoms with Crippen LogP contribution in [0.2, 0.25) is 0 Å². The molecule has 1 amide bonds. The zero-order chi connectivity index (χ0) is 14.5. The normalized spacial score (nSPS) is 10.3. The maximum atomic E-state index is 12.0. The lowest BCUT2D eigenvalue weighted by atomic mass is 10.1. The number of carbonyl (C=O) groups is 1. The predicted octanol–water partition coefficient (Wildman–Crippen LogP) is 4.16. The van der Waals surface area contributed by atoms with Crippen LogP contribution in [0.5, 0.6) is 0 Å². The van der Waals surface area contributed by atoms with Crippen molar-refractivity contribution in [1.29, 1.82) is 0 Å². The van der Waals surface area contributed by atoms with Crippen molar-refractivity contribution in [3.05, 3.63) is 46.2 Å². The number of hydrogen-bond donors (Lipinski definition) is 1. The number of aryl methyl sites for hydroxylation is 1. The molecule has 0 atom stereocenters. The molecular formula is C16H20N2OS. The fourth-order valence-electron chi connectivity index (χ4n) is 2.17. The summed E-state index contributed by atoms with van der Waals surface area (Å²) in [6, 6.07) is 9.88. The lowest BCUT2D eigenvalue weighted by Gasteiger charge is -2.22. The fraction of sp³-hybridized carbons (Fsp3) is 0.312. The van der Waals surface area contributed by atoms with Gasteiger partial charge in [-0.1, -0.05) is 6.07 Å². The van der Waals surface area contributed by atoms with E-state index in [4.69, 9.17) is 0 Å². The molecule has 0 spiro atoms. The Bertz CT molecular complexity index is 574. The monoisotopic (exact) mass is 288 g/mol. The molecule has 0 aliphatic rings. The molecule has 0 aliphatic carbocycles. The Labute approximate surface area is 124 Å². The Morgan fingerprint density at radius 2 is 2.00 bits per heavy atom. The molecule has 0 radical (unpaired) electrons. The van der Waals surface area contributed by atoms with Crippen molar-refractivity contribution in [2.45, 2.75) is 20.8 Å². The Hall–Kier alpha value is -1.81. The maximum absolute atomic E-state index is 12.0. The number of hydrogen-bond acceptors (Lipinski definition) is 3. The minimum Gasteiger partial charge on any atom is -0.372 e. The molecule has 20 heavy (non-hydrogen) atoms. The van der Waals surface area contributed by atoms with Crippen LogP contribution in [0.15, 0.2) is 35.7 Å².